The number of aromatic amines is 1. The highest BCUT2D eigenvalue weighted by Crippen LogP contribution is 2.35. The summed E-state index contributed by atoms with van der Waals surface area (Å²) in [6, 6.07) is 0. The highest BCUT2D eigenvalue weighted by Gasteiger charge is 2.54. The molecule has 0 amide bonds. The number of hydrogen-bond donors (Lipinski definition) is 4. The molecule has 0 radical (unpaired) electrons. The molecule has 0 spiro atoms. The zero-order valence-electron chi connectivity index (χ0n) is 10.6. The fourth-order valence-electron chi connectivity index (χ4n) is 2.08. The summed E-state index contributed by atoms with van der Waals surface area (Å²) in [7, 11) is 0. The van der Waals surface area contributed by atoms with Crippen LogP contribution in [0.1, 0.15) is 11.8 Å². The van der Waals surface area contributed by atoms with Gasteiger partial charge in [0.25, 0.3) is 5.56 Å². The summed E-state index contributed by atoms with van der Waals surface area (Å²) in [5.41, 5.74) is -2.96. The van der Waals surface area contributed by atoms with Gasteiger partial charge in [-0.15, -0.1) is 6.42 Å². The maximum atomic E-state index is 11.7. The van der Waals surface area contributed by atoms with E-state index < -0.39 is 41.9 Å². The van der Waals surface area contributed by atoms with Gasteiger partial charge in [-0.25, -0.2) is 4.79 Å². The summed E-state index contributed by atoms with van der Waals surface area (Å²) >= 11 is 0. The Hall–Kier alpha value is -1.92. The van der Waals surface area contributed by atoms with Crippen LogP contribution < -0.4 is 11.2 Å². The second kappa shape index (κ2) is 4.88. The normalized spacial score (nSPS) is 33.0. The van der Waals surface area contributed by atoms with Crippen molar-refractivity contribution in [2.45, 2.75) is 31.0 Å². The molecule has 8 heteroatoms. The Morgan fingerprint density at radius 1 is 1.55 bits per heavy atom. The minimum absolute atomic E-state index is 0.220. The molecule has 8 nitrogen and oxygen atoms in total. The number of rotatable bonds is 2. The highest BCUT2D eigenvalue weighted by molar-refractivity contribution is 5.18. The van der Waals surface area contributed by atoms with E-state index in [9.17, 15) is 24.9 Å². The maximum absolute atomic E-state index is 11.7. The molecule has 0 saturated carbocycles. The lowest BCUT2D eigenvalue weighted by Crippen LogP contribution is -2.45. The predicted octanol–water partition coefficient (Wildman–Crippen LogP) is -2.54. The first-order valence-electron chi connectivity index (χ1n) is 5.81. The van der Waals surface area contributed by atoms with Gasteiger partial charge in [-0.2, -0.15) is 0 Å². The van der Waals surface area contributed by atoms with E-state index in [1.54, 1.807) is 0 Å². The number of nitrogens with zero attached hydrogens (tertiary/aromatic N) is 1. The summed E-state index contributed by atoms with van der Waals surface area (Å²) in [5, 5.41) is 29.1. The van der Waals surface area contributed by atoms with Crippen LogP contribution >= 0.6 is 0 Å². The predicted molar refractivity (Wildman–Crippen MR) is 66.8 cm³/mol. The molecule has 1 aliphatic rings. The quantitative estimate of drug-likeness (QED) is 0.443. The number of aromatic nitrogens is 2. The van der Waals surface area contributed by atoms with Crippen molar-refractivity contribution in [3.8, 4) is 12.3 Å². The zero-order valence-corrected chi connectivity index (χ0v) is 10.6. The second-order valence-electron chi connectivity index (χ2n) is 4.61. The van der Waals surface area contributed by atoms with Gasteiger partial charge in [0, 0.05) is 11.8 Å². The van der Waals surface area contributed by atoms with Crippen LogP contribution in [-0.2, 0) is 4.74 Å². The first-order chi connectivity index (χ1) is 9.36. The van der Waals surface area contributed by atoms with Gasteiger partial charge in [-0.1, -0.05) is 5.92 Å². The molecule has 2 heterocycles. The van der Waals surface area contributed by atoms with Gasteiger partial charge in [0.15, 0.2) is 11.8 Å². The molecule has 0 aliphatic carbocycles. The van der Waals surface area contributed by atoms with Crippen molar-refractivity contribution >= 4 is 0 Å². The van der Waals surface area contributed by atoms with Crippen molar-refractivity contribution in [3.05, 3.63) is 32.6 Å². The van der Waals surface area contributed by atoms with Gasteiger partial charge in [0.2, 0.25) is 0 Å². The standard InChI is InChI=1S/C12H14N2O6/c1-3-12(5-15)8(17)7(16)10(20-12)14-4-6(2)9(18)13-11(14)19/h1,4,7-8,10,15-17H,5H2,2H3,(H,13,18,19)/t7-,8-,10?,12+/m0/s1. The Balaban J connectivity index is 2.51. The fraction of sp³-hybridized carbons (Fsp3) is 0.500. The summed E-state index contributed by atoms with van der Waals surface area (Å²) in [4.78, 5) is 25.1. The maximum Gasteiger partial charge on any atom is 0.330 e. The molecule has 4 N–H and O–H groups in total. The Bertz CT molecular complexity index is 672. The Morgan fingerprint density at radius 3 is 2.70 bits per heavy atom. The Labute approximate surface area is 113 Å². The van der Waals surface area contributed by atoms with E-state index in [0.717, 1.165) is 4.57 Å². The minimum atomic E-state index is -1.80. The van der Waals surface area contributed by atoms with Gasteiger partial charge in [-0.05, 0) is 6.92 Å². The number of hydrogen-bond acceptors (Lipinski definition) is 6. The van der Waals surface area contributed by atoms with Crippen LogP contribution in [0.2, 0.25) is 0 Å². The van der Waals surface area contributed by atoms with E-state index in [2.05, 4.69) is 5.92 Å². The zero-order chi connectivity index (χ0) is 15.1. The highest BCUT2D eigenvalue weighted by atomic mass is 16.6. The lowest BCUT2D eigenvalue weighted by atomic mass is 9.97. The summed E-state index contributed by atoms with van der Waals surface area (Å²) in [6.45, 7) is 0.738. The smallest absolute Gasteiger partial charge is 0.330 e. The van der Waals surface area contributed by atoms with Gasteiger partial charge in [0.05, 0.1) is 6.61 Å². The molecule has 20 heavy (non-hydrogen) atoms. The summed E-state index contributed by atoms with van der Waals surface area (Å²) in [6.07, 6.45) is 2.00. The molecule has 108 valence electrons. The van der Waals surface area contributed by atoms with Crippen molar-refractivity contribution < 1.29 is 20.1 Å². The molecular weight excluding hydrogens is 268 g/mol. The average molecular weight is 282 g/mol. The van der Waals surface area contributed by atoms with E-state index >= 15 is 0 Å². The second-order valence-corrected chi connectivity index (χ2v) is 4.61. The van der Waals surface area contributed by atoms with Crippen LogP contribution in [0.3, 0.4) is 0 Å². The summed E-state index contributed by atoms with van der Waals surface area (Å²) in [5.74, 6) is 2.08. The topological polar surface area (TPSA) is 125 Å². The van der Waals surface area contributed by atoms with Crippen LogP contribution in [-0.4, -0.2) is 49.3 Å². The molecule has 4 atom stereocenters. The third-order valence-electron chi connectivity index (χ3n) is 3.32. The van der Waals surface area contributed by atoms with Crippen LogP contribution in [0.5, 0.6) is 0 Å². The first-order valence-corrected chi connectivity index (χ1v) is 5.81. The van der Waals surface area contributed by atoms with Crippen molar-refractivity contribution in [1.29, 1.82) is 0 Å². The molecule has 1 aromatic rings. The van der Waals surface area contributed by atoms with Crippen molar-refractivity contribution in [3.63, 3.8) is 0 Å². The van der Waals surface area contributed by atoms with Gasteiger partial charge < -0.3 is 20.1 Å². The number of terminal acetylenes is 1. The minimum Gasteiger partial charge on any atom is -0.392 e. The third-order valence-corrected chi connectivity index (χ3v) is 3.32. The van der Waals surface area contributed by atoms with Crippen LogP contribution in [0.25, 0.3) is 0 Å². The lowest BCUT2D eigenvalue weighted by molar-refractivity contribution is -0.0937. The number of aliphatic hydroxyl groups excluding tert-OH is 3. The molecule has 1 aliphatic heterocycles. The number of aryl methyl sites for hydroxylation is 1. The Kier molecular flexibility index (Phi) is 3.54. The Morgan fingerprint density at radius 2 is 2.20 bits per heavy atom. The SMILES string of the molecule is C#C[C@]1(CO)OC(n2cc(C)c(=O)[nH]c2=O)[C@@H](O)[C@@H]1O. The van der Waals surface area contributed by atoms with E-state index in [-0.39, 0.29) is 5.56 Å². The molecular formula is C12H14N2O6. The molecule has 0 aromatic carbocycles. The number of nitrogens with one attached hydrogen (secondary N) is 1. The molecule has 1 saturated heterocycles. The van der Waals surface area contributed by atoms with Crippen molar-refractivity contribution in [2.24, 2.45) is 0 Å². The monoisotopic (exact) mass is 282 g/mol. The van der Waals surface area contributed by atoms with Crippen LogP contribution in [0.4, 0.5) is 0 Å². The lowest BCUT2D eigenvalue weighted by Gasteiger charge is -2.23. The molecule has 0 bridgehead atoms. The molecule has 1 fully saturated rings. The average Bonchev–Trinajstić information content (AvgIpc) is 2.68. The van der Waals surface area contributed by atoms with Crippen LogP contribution in [0, 0.1) is 19.3 Å². The van der Waals surface area contributed by atoms with Crippen LogP contribution in [0.15, 0.2) is 15.8 Å². The van der Waals surface area contributed by atoms with E-state index in [1.807, 2.05) is 4.98 Å². The first kappa shape index (κ1) is 14.5. The van der Waals surface area contributed by atoms with Crippen molar-refractivity contribution in [1.82, 2.24) is 9.55 Å². The largest absolute Gasteiger partial charge is 0.392 e. The van der Waals surface area contributed by atoms with Gasteiger partial charge >= 0.3 is 5.69 Å². The van der Waals surface area contributed by atoms with E-state index in [1.165, 1.54) is 13.1 Å². The third kappa shape index (κ3) is 1.97. The number of H-pyrrole nitrogens is 1. The summed E-state index contributed by atoms with van der Waals surface area (Å²) < 4.78 is 6.20. The van der Waals surface area contributed by atoms with E-state index in [4.69, 9.17) is 11.2 Å². The number of ether oxygens (including phenoxy) is 1. The fourth-order valence-corrected chi connectivity index (χ4v) is 2.08. The molecule has 1 unspecified atom stereocenters. The molecule has 1 aromatic heterocycles. The van der Waals surface area contributed by atoms with E-state index in [0.29, 0.717) is 0 Å². The number of aliphatic hydroxyl groups is 3. The molecule has 2 rings (SSSR count). The van der Waals surface area contributed by atoms with Gasteiger partial charge in [-0.3, -0.25) is 14.3 Å². The van der Waals surface area contributed by atoms with Gasteiger partial charge in [0.1, 0.15) is 12.2 Å². The van der Waals surface area contributed by atoms with Crippen molar-refractivity contribution in [2.75, 3.05) is 6.61 Å².